The van der Waals surface area contributed by atoms with Crippen molar-refractivity contribution in [3.63, 3.8) is 0 Å². The van der Waals surface area contributed by atoms with Crippen molar-refractivity contribution >= 4 is 46.1 Å². The number of rotatable bonds is 5. The number of carbonyl (C=O) groups is 1. The molecule has 7 nitrogen and oxygen atoms in total. The maximum absolute atomic E-state index is 13.4. The number of nitriles is 1. The van der Waals surface area contributed by atoms with E-state index in [0.717, 1.165) is 43.5 Å². The number of hydrogen-bond acceptors (Lipinski definition) is 7. The first kappa shape index (κ1) is 25.0. The third-order valence-electron chi connectivity index (χ3n) is 6.80. The first-order valence-electron chi connectivity index (χ1n) is 12.1. The molecule has 2 aliphatic heterocycles. The lowest BCUT2D eigenvalue weighted by Crippen LogP contribution is -2.48. The molecule has 1 saturated carbocycles. The van der Waals surface area contributed by atoms with E-state index in [-0.39, 0.29) is 35.3 Å². The van der Waals surface area contributed by atoms with Crippen molar-refractivity contribution in [3.8, 4) is 6.07 Å². The Balaban J connectivity index is 1.88. The van der Waals surface area contributed by atoms with E-state index >= 15 is 0 Å². The van der Waals surface area contributed by atoms with Gasteiger partial charge in [-0.25, -0.2) is 0 Å². The molecular formula is C25H32N4O3S2. The van der Waals surface area contributed by atoms with Gasteiger partial charge in [0.15, 0.2) is 0 Å². The molecule has 3 heterocycles. The number of nitrogens with zero attached hydrogens (tertiary/aromatic N) is 4. The molecule has 0 N–H and O–H groups in total. The molecule has 9 heteroatoms. The Morgan fingerprint density at radius 3 is 2.44 bits per heavy atom. The summed E-state index contributed by atoms with van der Waals surface area (Å²) in [6, 6.07) is 2.29. The van der Waals surface area contributed by atoms with Crippen LogP contribution < -0.4 is 10.5 Å². The van der Waals surface area contributed by atoms with Crippen LogP contribution in [0.5, 0.6) is 0 Å². The highest BCUT2D eigenvalue weighted by Crippen LogP contribution is 2.39. The lowest BCUT2D eigenvalue weighted by Gasteiger charge is -2.39. The molecule has 3 fully saturated rings. The van der Waals surface area contributed by atoms with Crippen molar-refractivity contribution < 1.29 is 9.53 Å². The van der Waals surface area contributed by atoms with Crippen LogP contribution in [-0.2, 0) is 16.1 Å². The van der Waals surface area contributed by atoms with Crippen LogP contribution in [0, 0.1) is 18.3 Å². The van der Waals surface area contributed by atoms with Crippen molar-refractivity contribution in [1.82, 2.24) is 9.47 Å². The number of pyridine rings is 1. The molecule has 0 aromatic carbocycles. The summed E-state index contributed by atoms with van der Waals surface area (Å²) in [6.45, 7) is 9.61. The number of thioether (sulfide) groups is 1. The van der Waals surface area contributed by atoms with Gasteiger partial charge >= 0.3 is 0 Å². The minimum atomic E-state index is -0.278. The quantitative estimate of drug-likeness (QED) is 0.443. The third-order valence-corrected chi connectivity index (χ3v) is 8.13. The van der Waals surface area contributed by atoms with E-state index in [1.54, 1.807) is 16.4 Å². The Kier molecular flexibility index (Phi) is 7.51. The fraction of sp³-hybridized carbons (Fsp3) is 0.600. The zero-order valence-corrected chi connectivity index (χ0v) is 21.9. The Bertz CT molecular complexity index is 1120. The van der Waals surface area contributed by atoms with Gasteiger partial charge in [0.25, 0.3) is 11.5 Å². The van der Waals surface area contributed by atoms with Crippen molar-refractivity contribution in [2.45, 2.75) is 84.6 Å². The van der Waals surface area contributed by atoms with Gasteiger partial charge in [0.2, 0.25) is 0 Å². The number of carbonyl (C=O) groups excluding carboxylic acids is 1. The number of ether oxygens (including phenoxy) is 1. The first-order chi connectivity index (χ1) is 16.3. The number of hydrogen-bond donors (Lipinski definition) is 0. The fourth-order valence-electron chi connectivity index (χ4n) is 5.35. The van der Waals surface area contributed by atoms with Gasteiger partial charge in [-0.1, -0.05) is 43.7 Å². The van der Waals surface area contributed by atoms with Crippen molar-refractivity contribution in [2.24, 2.45) is 0 Å². The lowest BCUT2D eigenvalue weighted by molar-refractivity contribution is -0.123. The molecule has 4 rings (SSSR count). The monoisotopic (exact) mass is 500 g/mol. The maximum atomic E-state index is 13.4. The molecule has 3 aliphatic rings. The molecule has 2 saturated heterocycles. The van der Waals surface area contributed by atoms with E-state index in [1.165, 1.54) is 11.8 Å². The number of morpholine rings is 1. The number of aromatic nitrogens is 1. The molecule has 1 aromatic heterocycles. The summed E-state index contributed by atoms with van der Waals surface area (Å²) in [5.41, 5.74) is 1.20. The Labute approximate surface area is 210 Å². The van der Waals surface area contributed by atoms with Gasteiger partial charge < -0.3 is 9.64 Å². The van der Waals surface area contributed by atoms with Gasteiger partial charge in [0, 0.05) is 31.2 Å². The normalized spacial score (nSPS) is 25.0. The Morgan fingerprint density at radius 1 is 1.21 bits per heavy atom. The third kappa shape index (κ3) is 4.56. The molecule has 1 amide bonds. The number of thiocarbonyl (C=S) groups is 1. The zero-order chi connectivity index (χ0) is 24.6. The van der Waals surface area contributed by atoms with Crippen LogP contribution in [0.1, 0.15) is 69.6 Å². The van der Waals surface area contributed by atoms with Crippen LogP contribution in [0.4, 0.5) is 5.82 Å². The summed E-state index contributed by atoms with van der Waals surface area (Å²) in [7, 11) is 0. The zero-order valence-electron chi connectivity index (χ0n) is 20.3. The second-order valence-electron chi connectivity index (χ2n) is 9.46. The summed E-state index contributed by atoms with van der Waals surface area (Å²) >= 11 is 6.92. The van der Waals surface area contributed by atoms with Gasteiger partial charge in [-0.3, -0.25) is 19.1 Å². The predicted octanol–water partition coefficient (Wildman–Crippen LogP) is 4.20. The molecule has 1 aliphatic carbocycles. The van der Waals surface area contributed by atoms with Crippen LogP contribution in [0.2, 0.25) is 0 Å². The van der Waals surface area contributed by atoms with Crippen LogP contribution in [0.15, 0.2) is 9.70 Å². The van der Waals surface area contributed by atoms with E-state index in [1.807, 2.05) is 26.8 Å². The first-order valence-corrected chi connectivity index (χ1v) is 13.3. The highest BCUT2D eigenvalue weighted by molar-refractivity contribution is 8.26. The van der Waals surface area contributed by atoms with Crippen LogP contribution in [0.25, 0.3) is 6.08 Å². The Morgan fingerprint density at radius 2 is 1.85 bits per heavy atom. The Hall–Kier alpha value is -2.15. The molecule has 182 valence electrons. The minimum Gasteiger partial charge on any atom is -0.372 e. The standard InChI is InChI=1S/C25H32N4O3S2/c1-5-10-28-22(27-13-15(2)32-16(3)14-27)19(17(4)20(12-26)23(28)30)11-21-24(31)29(25(33)34-21)18-8-6-7-9-18/h11,15-16,18H,5-10,13-14H2,1-4H3/b21-11+. The maximum Gasteiger partial charge on any atom is 0.270 e. The summed E-state index contributed by atoms with van der Waals surface area (Å²) in [5, 5.41) is 9.82. The average Bonchev–Trinajstić information content (AvgIpc) is 3.39. The topological polar surface area (TPSA) is 78.6 Å². The van der Waals surface area contributed by atoms with E-state index in [2.05, 4.69) is 11.0 Å². The summed E-state index contributed by atoms with van der Waals surface area (Å²) in [4.78, 5) is 31.3. The van der Waals surface area contributed by atoms with Crippen LogP contribution in [-0.4, -0.2) is 51.0 Å². The van der Waals surface area contributed by atoms with E-state index in [0.29, 0.717) is 34.4 Å². The number of amides is 1. The average molecular weight is 501 g/mol. The summed E-state index contributed by atoms with van der Waals surface area (Å²) in [5.74, 6) is 0.694. The summed E-state index contributed by atoms with van der Waals surface area (Å²) < 4.78 is 8.24. The lowest BCUT2D eigenvalue weighted by atomic mass is 10.0. The van der Waals surface area contributed by atoms with Gasteiger partial charge in [-0.05, 0) is 51.7 Å². The number of anilines is 1. The fourth-order valence-corrected chi connectivity index (χ4v) is 6.74. The highest BCUT2D eigenvalue weighted by atomic mass is 32.2. The summed E-state index contributed by atoms with van der Waals surface area (Å²) in [6.07, 6.45) is 6.80. The molecule has 0 spiro atoms. The SMILES string of the molecule is CCCn1c(N2CC(C)OC(C)C2)c(/C=C2/SC(=S)N(C3CCCC3)C2=O)c(C)c(C#N)c1=O. The van der Waals surface area contributed by atoms with E-state index < -0.39 is 0 Å². The smallest absolute Gasteiger partial charge is 0.270 e. The second-order valence-corrected chi connectivity index (χ2v) is 11.1. The van der Waals surface area contributed by atoms with Crippen molar-refractivity contribution in [3.05, 3.63) is 31.9 Å². The predicted molar refractivity (Wildman–Crippen MR) is 140 cm³/mol. The molecule has 0 radical (unpaired) electrons. The largest absolute Gasteiger partial charge is 0.372 e. The van der Waals surface area contributed by atoms with Crippen molar-refractivity contribution in [2.75, 3.05) is 18.0 Å². The van der Waals surface area contributed by atoms with Gasteiger partial charge in [0.05, 0.1) is 17.1 Å². The second kappa shape index (κ2) is 10.2. The van der Waals surface area contributed by atoms with E-state index in [9.17, 15) is 14.9 Å². The molecule has 34 heavy (non-hydrogen) atoms. The molecular weight excluding hydrogens is 468 g/mol. The van der Waals surface area contributed by atoms with E-state index in [4.69, 9.17) is 17.0 Å². The molecule has 2 unspecified atom stereocenters. The van der Waals surface area contributed by atoms with Gasteiger partial charge in [0.1, 0.15) is 21.8 Å². The molecule has 0 bridgehead atoms. The molecule has 2 atom stereocenters. The minimum absolute atomic E-state index is 0.00157. The van der Waals surface area contributed by atoms with Crippen molar-refractivity contribution in [1.29, 1.82) is 5.26 Å². The van der Waals surface area contributed by atoms with Gasteiger partial charge in [-0.15, -0.1) is 0 Å². The van der Waals surface area contributed by atoms with Gasteiger partial charge in [-0.2, -0.15) is 5.26 Å². The highest BCUT2D eigenvalue weighted by Gasteiger charge is 2.39. The van der Waals surface area contributed by atoms with Crippen LogP contribution >= 0.6 is 24.0 Å². The molecule has 1 aromatic rings. The van der Waals surface area contributed by atoms with Crippen LogP contribution in [0.3, 0.4) is 0 Å².